The normalized spacial score (nSPS) is 10.2. The van der Waals surface area contributed by atoms with Crippen LogP contribution in [0.3, 0.4) is 0 Å². The van der Waals surface area contributed by atoms with Crippen LogP contribution in [0.15, 0.2) is 36.4 Å². The van der Waals surface area contributed by atoms with Crippen molar-refractivity contribution in [1.82, 2.24) is 5.32 Å². The van der Waals surface area contributed by atoms with E-state index >= 15 is 0 Å². The summed E-state index contributed by atoms with van der Waals surface area (Å²) in [4.78, 5) is 11.4. The Balaban J connectivity index is 2.30. The summed E-state index contributed by atoms with van der Waals surface area (Å²) >= 11 is 0. The van der Waals surface area contributed by atoms with E-state index in [0.29, 0.717) is 11.3 Å². The predicted octanol–water partition coefficient (Wildman–Crippen LogP) is 2.65. The Labute approximate surface area is 114 Å². The minimum atomic E-state index is -0.596. The lowest BCUT2D eigenvalue weighted by atomic mass is 10.1. The second-order valence-corrected chi connectivity index (χ2v) is 4.13. The van der Waals surface area contributed by atoms with E-state index in [1.165, 1.54) is 25.2 Å². The van der Waals surface area contributed by atoms with Crippen molar-refractivity contribution in [1.29, 1.82) is 0 Å². The number of nitrogens with one attached hydrogen (secondary N) is 2. The number of anilines is 3. The lowest BCUT2D eigenvalue weighted by Gasteiger charge is -2.11. The molecule has 0 unspecified atom stereocenters. The van der Waals surface area contributed by atoms with Crippen LogP contribution in [-0.2, 0) is 0 Å². The van der Waals surface area contributed by atoms with Gasteiger partial charge in [0.2, 0.25) is 0 Å². The number of nitrogens with two attached hydrogens (primary N) is 1. The summed E-state index contributed by atoms with van der Waals surface area (Å²) in [5, 5.41) is 5.16. The van der Waals surface area contributed by atoms with E-state index in [9.17, 15) is 13.6 Å². The maximum absolute atomic E-state index is 13.5. The number of rotatable bonds is 3. The summed E-state index contributed by atoms with van der Waals surface area (Å²) in [6, 6.07) is 7.60. The Morgan fingerprint density at radius 2 is 1.85 bits per heavy atom. The summed E-state index contributed by atoms with van der Waals surface area (Å²) in [7, 11) is 1.51. The van der Waals surface area contributed by atoms with Gasteiger partial charge >= 0.3 is 0 Å². The molecule has 0 aliphatic rings. The Kier molecular flexibility index (Phi) is 3.84. The molecule has 0 radical (unpaired) electrons. The van der Waals surface area contributed by atoms with Crippen LogP contribution in [0.4, 0.5) is 25.8 Å². The van der Waals surface area contributed by atoms with Crippen LogP contribution < -0.4 is 16.4 Å². The Morgan fingerprint density at radius 3 is 2.50 bits per heavy atom. The number of amides is 1. The number of hydrogen-bond acceptors (Lipinski definition) is 3. The van der Waals surface area contributed by atoms with E-state index in [0.717, 1.165) is 18.2 Å². The average Bonchev–Trinajstić information content (AvgIpc) is 2.44. The predicted molar refractivity (Wildman–Crippen MR) is 73.9 cm³/mol. The Hall–Kier alpha value is -2.63. The topological polar surface area (TPSA) is 67.2 Å². The molecule has 2 rings (SSSR count). The van der Waals surface area contributed by atoms with Gasteiger partial charge in [0, 0.05) is 18.7 Å². The number of halogens is 2. The van der Waals surface area contributed by atoms with Crippen LogP contribution in [-0.4, -0.2) is 13.0 Å². The molecule has 0 aliphatic heterocycles. The first-order valence-corrected chi connectivity index (χ1v) is 5.85. The van der Waals surface area contributed by atoms with E-state index in [-0.39, 0.29) is 17.3 Å². The third-order valence-corrected chi connectivity index (χ3v) is 2.74. The van der Waals surface area contributed by atoms with Crippen LogP contribution in [0.1, 0.15) is 10.4 Å². The van der Waals surface area contributed by atoms with Gasteiger partial charge in [0.25, 0.3) is 5.91 Å². The summed E-state index contributed by atoms with van der Waals surface area (Å²) in [6.07, 6.45) is 0. The third-order valence-electron chi connectivity index (χ3n) is 2.74. The number of benzene rings is 2. The van der Waals surface area contributed by atoms with Gasteiger partial charge < -0.3 is 16.4 Å². The maximum Gasteiger partial charge on any atom is 0.251 e. The van der Waals surface area contributed by atoms with Crippen LogP contribution >= 0.6 is 0 Å². The van der Waals surface area contributed by atoms with E-state index in [1.807, 2.05) is 0 Å². The van der Waals surface area contributed by atoms with Crippen molar-refractivity contribution in [2.24, 2.45) is 0 Å². The summed E-state index contributed by atoms with van der Waals surface area (Å²) in [5.41, 5.74) is 6.80. The van der Waals surface area contributed by atoms with Gasteiger partial charge in [0.15, 0.2) is 0 Å². The first kappa shape index (κ1) is 13.8. The molecule has 4 N–H and O–H groups in total. The smallest absolute Gasteiger partial charge is 0.251 e. The van der Waals surface area contributed by atoms with Crippen molar-refractivity contribution in [2.45, 2.75) is 0 Å². The largest absolute Gasteiger partial charge is 0.397 e. The highest BCUT2D eigenvalue weighted by Crippen LogP contribution is 2.26. The molecule has 0 atom stereocenters. The zero-order chi connectivity index (χ0) is 14.7. The van der Waals surface area contributed by atoms with Gasteiger partial charge in [-0.1, -0.05) is 0 Å². The third kappa shape index (κ3) is 2.85. The molecule has 0 heterocycles. The summed E-state index contributed by atoms with van der Waals surface area (Å²) in [6.45, 7) is 0. The molecule has 20 heavy (non-hydrogen) atoms. The van der Waals surface area contributed by atoms with Gasteiger partial charge in [0.05, 0.1) is 17.1 Å². The average molecular weight is 277 g/mol. The molecule has 0 aromatic heterocycles. The van der Waals surface area contributed by atoms with E-state index in [2.05, 4.69) is 10.6 Å². The van der Waals surface area contributed by atoms with Crippen LogP contribution in [0.2, 0.25) is 0 Å². The molecule has 104 valence electrons. The van der Waals surface area contributed by atoms with E-state index < -0.39 is 11.6 Å². The molecule has 0 saturated heterocycles. The summed E-state index contributed by atoms with van der Waals surface area (Å²) < 4.78 is 26.6. The fraction of sp³-hybridized carbons (Fsp3) is 0.0714. The van der Waals surface area contributed by atoms with Gasteiger partial charge in [-0.05, 0) is 30.3 Å². The quantitative estimate of drug-likeness (QED) is 0.755. The van der Waals surface area contributed by atoms with Crippen LogP contribution in [0, 0.1) is 11.6 Å². The first-order valence-electron chi connectivity index (χ1n) is 5.85. The van der Waals surface area contributed by atoms with Gasteiger partial charge in [-0.25, -0.2) is 8.78 Å². The Morgan fingerprint density at radius 1 is 1.10 bits per heavy atom. The van der Waals surface area contributed by atoms with Crippen molar-refractivity contribution < 1.29 is 13.6 Å². The van der Waals surface area contributed by atoms with Crippen molar-refractivity contribution >= 4 is 23.0 Å². The van der Waals surface area contributed by atoms with Crippen molar-refractivity contribution in [3.05, 3.63) is 53.6 Å². The number of carbonyl (C=O) groups is 1. The summed E-state index contributed by atoms with van der Waals surface area (Å²) in [5.74, 6) is -1.43. The maximum atomic E-state index is 13.5. The second kappa shape index (κ2) is 5.56. The number of carbonyl (C=O) groups excluding carboxylic acids is 1. The molecule has 0 fully saturated rings. The Bertz CT molecular complexity index is 659. The lowest BCUT2D eigenvalue weighted by molar-refractivity contribution is 0.0963. The molecular weight excluding hydrogens is 264 g/mol. The van der Waals surface area contributed by atoms with Gasteiger partial charge in [0.1, 0.15) is 11.6 Å². The van der Waals surface area contributed by atoms with Crippen molar-refractivity contribution in [2.75, 3.05) is 18.1 Å². The zero-order valence-corrected chi connectivity index (χ0v) is 10.7. The van der Waals surface area contributed by atoms with Crippen LogP contribution in [0.5, 0.6) is 0 Å². The van der Waals surface area contributed by atoms with Crippen molar-refractivity contribution in [3.8, 4) is 0 Å². The highest BCUT2D eigenvalue weighted by atomic mass is 19.1. The van der Waals surface area contributed by atoms with Crippen molar-refractivity contribution in [3.63, 3.8) is 0 Å². The van der Waals surface area contributed by atoms with Gasteiger partial charge in [-0.3, -0.25) is 4.79 Å². The van der Waals surface area contributed by atoms with E-state index in [1.54, 1.807) is 0 Å². The molecule has 1 amide bonds. The molecule has 6 heteroatoms. The van der Waals surface area contributed by atoms with Gasteiger partial charge in [-0.15, -0.1) is 0 Å². The molecule has 0 aliphatic carbocycles. The molecule has 0 bridgehead atoms. The molecule has 0 spiro atoms. The zero-order valence-electron chi connectivity index (χ0n) is 10.7. The monoisotopic (exact) mass is 277 g/mol. The minimum Gasteiger partial charge on any atom is -0.397 e. The second-order valence-electron chi connectivity index (χ2n) is 4.13. The highest BCUT2D eigenvalue weighted by Gasteiger charge is 2.09. The van der Waals surface area contributed by atoms with E-state index in [4.69, 9.17) is 5.73 Å². The first-order chi connectivity index (χ1) is 9.51. The van der Waals surface area contributed by atoms with Gasteiger partial charge in [-0.2, -0.15) is 0 Å². The molecular formula is C14H13F2N3O. The minimum absolute atomic E-state index is 0.0237. The molecule has 4 nitrogen and oxygen atoms in total. The fourth-order valence-corrected chi connectivity index (χ4v) is 1.70. The van der Waals surface area contributed by atoms with Crippen LogP contribution in [0.25, 0.3) is 0 Å². The molecule has 0 saturated carbocycles. The highest BCUT2D eigenvalue weighted by molar-refractivity contribution is 5.96. The fourth-order valence-electron chi connectivity index (χ4n) is 1.70. The number of hydrogen-bond donors (Lipinski definition) is 3. The molecule has 2 aromatic carbocycles. The number of nitrogen functional groups attached to an aromatic ring is 1. The molecule has 2 aromatic rings. The lowest BCUT2D eigenvalue weighted by Crippen LogP contribution is -2.18. The SMILES string of the molecule is CNC(=O)c1ccc(Nc2cc(F)ccc2F)c(N)c1. The standard InChI is InChI=1S/C14H13F2N3O/c1-18-14(20)8-2-5-12(11(17)6-8)19-13-7-9(15)3-4-10(13)16/h2-7,19H,17H2,1H3,(H,18,20).